The Morgan fingerprint density at radius 2 is 1.90 bits per heavy atom. The molecular weight excluding hydrogens is 392 g/mol. The van der Waals surface area contributed by atoms with Crippen molar-refractivity contribution in [3.05, 3.63) is 28.2 Å². The molecule has 1 aromatic heterocycles. The quantitative estimate of drug-likeness (QED) is 0.376. The number of nitrogens with one attached hydrogen (secondary N) is 2. The van der Waals surface area contributed by atoms with Gasteiger partial charge in [-0.15, -0.1) is 11.3 Å². The fourth-order valence-corrected chi connectivity index (χ4v) is 5.14. The second-order valence-corrected chi connectivity index (χ2v) is 9.85. The molecule has 0 aromatic carbocycles. The summed E-state index contributed by atoms with van der Waals surface area (Å²) in [5.74, 6) is 1.68. The molecule has 0 spiro atoms. The molecule has 0 amide bonds. The third kappa shape index (κ3) is 7.36. The Balaban J connectivity index is 1.32. The van der Waals surface area contributed by atoms with Gasteiger partial charge in [0.15, 0.2) is 5.96 Å². The summed E-state index contributed by atoms with van der Waals surface area (Å²) in [6.45, 7) is 16.0. The molecule has 3 rings (SSSR count). The number of hydrogen-bond acceptors (Lipinski definition) is 5. The third-order valence-electron chi connectivity index (χ3n) is 6.20. The lowest BCUT2D eigenvalue weighted by molar-refractivity contribution is 0.176. The van der Waals surface area contributed by atoms with Crippen molar-refractivity contribution in [1.82, 2.24) is 25.4 Å². The van der Waals surface area contributed by atoms with Crippen molar-refractivity contribution < 1.29 is 0 Å². The standard InChI is InChI=1S/C23H40N6S/c1-5-22-26-21(17-30-22)16-29-10-6-19(7-11-29)14-25-23(24-4)27-20-8-12-28(13-9-20)15-18(2)3/h17,19-20H,2,5-16H2,1,3-4H3,(H2,24,25,27). The van der Waals surface area contributed by atoms with Crippen molar-refractivity contribution in [3.8, 4) is 0 Å². The summed E-state index contributed by atoms with van der Waals surface area (Å²) in [5.41, 5.74) is 2.49. The summed E-state index contributed by atoms with van der Waals surface area (Å²) in [4.78, 5) is 14.2. The zero-order chi connectivity index (χ0) is 21.3. The number of nitrogens with zero attached hydrogens (tertiary/aromatic N) is 4. The first-order valence-corrected chi connectivity index (χ1v) is 12.4. The van der Waals surface area contributed by atoms with Crippen LogP contribution in [0, 0.1) is 5.92 Å². The first kappa shape index (κ1) is 23.2. The lowest BCUT2D eigenvalue weighted by Crippen LogP contribution is -2.50. The number of aryl methyl sites for hydroxylation is 1. The maximum atomic E-state index is 4.72. The average Bonchev–Trinajstić information content (AvgIpc) is 3.20. The summed E-state index contributed by atoms with van der Waals surface area (Å²) in [6.07, 6.45) is 5.87. The number of rotatable bonds is 8. The molecule has 0 unspecified atom stereocenters. The molecule has 2 aliphatic rings. The number of aromatic nitrogens is 1. The Hall–Kier alpha value is -1.44. The van der Waals surface area contributed by atoms with Gasteiger partial charge in [0.1, 0.15) is 0 Å². The molecular formula is C23H40N6S. The van der Waals surface area contributed by atoms with Gasteiger partial charge in [0, 0.05) is 51.2 Å². The lowest BCUT2D eigenvalue weighted by atomic mass is 9.97. The smallest absolute Gasteiger partial charge is 0.191 e. The van der Waals surface area contributed by atoms with Crippen molar-refractivity contribution in [1.29, 1.82) is 0 Å². The van der Waals surface area contributed by atoms with E-state index >= 15 is 0 Å². The monoisotopic (exact) mass is 432 g/mol. The number of hydrogen-bond donors (Lipinski definition) is 2. The highest BCUT2D eigenvalue weighted by molar-refractivity contribution is 7.09. The number of piperidine rings is 2. The van der Waals surface area contributed by atoms with E-state index in [0.29, 0.717) is 6.04 Å². The van der Waals surface area contributed by atoms with Crippen LogP contribution in [0.15, 0.2) is 22.5 Å². The van der Waals surface area contributed by atoms with Gasteiger partial charge in [0.05, 0.1) is 10.7 Å². The van der Waals surface area contributed by atoms with E-state index in [1.165, 1.54) is 55.0 Å². The second kappa shape index (κ2) is 11.8. The van der Waals surface area contributed by atoms with E-state index in [9.17, 15) is 0 Å². The highest BCUT2D eigenvalue weighted by atomic mass is 32.1. The van der Waals surface area contributed by atoms with Gasteiger partial charge in [-0.3, -0.25) is 14.8 Å². The number of thiazole rings is 1. The zero-order valence-corrected chi connectivity index (χ0v) is 19.9. The molecule has 3 heterocycles. The first-order chi connectivity index (χ1) is 14.6. The van der Waals surface area contributed by atoms with E-state index in [1.807, 2.05) is 7.05 Å². The molecule has 1 aromatic rings. The van der Waals surface area contributed by atoms with Crippen LogP contribution < -0.4 is 10.6 Å². The molecule has 7 heteroatoms. The SMILES string of the molecule is C=C(C)CN1CCC(NC(=NC)NCC2CCN(Cc3csc(CC)n3)CC2)CC1. The Kier molecular flexibility index (Phi) is 9.15. The van der Waals surface area contributed by atoms with Crippen LogP contribution in [0.3, 0.4) is 0 Å². The molecule has 6 nitrogen and oxygen atoms in total. The van der Waals surface area contributed by atoms with Gasteiger partial charge in [0.25, 0.3) is 0 Å². The number of likely N-dealkylation sites (tertiary alicyclic amines) is 2. The van der Waals surface area contributed by atoms with Crippen molar-refractivity contribution >= 4 is 17.3 Å². The van der Waals surface area contributed by atoms with E-state index in [1.54, 1.807) is 11.3 Å². The van der Waals surface area contributed by atoms with E-state index in [-0.39, 0.29) is 0 Å². The minimum absolute atomic E-state index is 0.519. The van der Waals surface area contributed by atoms with Crippen LogP contribution in [0.5, 0.6) is 0 Å². The van der Waals surface area contributed by atoms with Crippen molar-refractivity contribution in [2.24, 2.45) is 10.9 Å². The van der Waals surface area contributed by atoms with Crippen molar-refractivity contribution in [3.63, 3.8) is 0 Å². The van der Waals surface area contributed by atoms with Gasteiger partial charge in [-0.25, -0.2) is 4.98 Å². The molecule has 0 radical (unpaired) electrons. The third-order valence-corrected chi connectivity index (χ3v) is 7.24. The minimum Gasteiger partial charge on any atom is -0.356 e. The summed E-state index contributed by atoms with van der Waals surface area (Å²) in [6, 6.07) is 0.519. The van der Waals surface area contributed by atoms with Crippen LogP contribution in [-0.2, 0) is 13.0 Å². The molecule has 2 N–H and O–H groups in total. The van der Waals surface area contributed by atoms with Gasteiger partial charge in [-0.2, -0.15) is 0 Å². The molecule has 0 saturated carbocycles. The second-order valence-electron chi connectivity index (χ2n) is 8.91. The maximum Gasteiger partial charge on any atom is 0.191 e. The van der Waals surface area contributed by atoms with Crippen molar-refractivity contribution in [2.75, 3.05) is 46.3 Å². The Morgan fingerprint density at radius 1 is 1.20 bits per heavy atom. The van der Waals surface area contributed by atoms with E-state index in [0.717, 1.165) is 51.0 Å². The van der Waals surface area contributed by atoms with Gasteiger partial charge in [0.2, 0.25) is 0 Å². The first-order valence-electron chi connectivity index (χ1n) is 11.5. The fraction of sp³-hybridized carbons (Fsp3) is 0.739. The Labute approximate surface area is 186 Å². The molecule has 30 heavy (non-hydrogen) atoms. The van der Waals surface area contributed by atoms with Crippen LogP contribution in [0.2, 0.25) is 0 Å². The molecule has 168 valence electrons. The van der Waals surface area contributed by atoms with E-state index < -0.39 is 0 Å². The minimum atomic E-state index is 0.519. The van der Waals surface area contributed by atoms with Crippen LogP contribution >= 0.6 is 11.3 Å². The van der Waals surface area contributed by atoms with Gasteiger partial charge in [-0.1, -0.05) is 19.1 Å². The molecule has 2 fully saturated rings. The summed E-state index contributed by atoms with van der Waals surface area (Å²) in [7, 11) is 1.88. The largest absolute Gasteiger partial charge is 0.356 e. The highest BCUT2D eigenvalue weighted by Gasteiger charge is 2.22. The Morgan fingerprint density at radius 3 is 2.50 bits per heavy atom. The predicted octanol–water partition coefficient (Wildman–Crippen LogP) is 3.12. The van der Waals surface area contributed by atoms with E-state index in [4.69, 9.17) is 4.98 Å². The molecule has 2 aliphatic heterocycles. The number of guanidine groups is 1. The van der Waals surface area contributed by atoms with Crippen molar-refractivity contribution in [2.45, 2.75) is 58.5 Å². The fourth-order valence-electron chi connectivity index (χ4n) is 4.41. The molecule has 0 atom stereocenters. The van der Waals surface area contributed by atoms with Gasteiger partial charge >= 0.3 is 0 Å². The molecule has 0 bridgehead atoms. The highest BCUT2D eigenvalue weighted by Crippen LogP contribution is 2.19. The van der Waals surface area contributed by atoms with Gasteiger partial charge < -0.3 is 10.6 Å². The Bertz CT molecular complexity index is 684. The van der Waals surface area contributed by atoms with Crippen LogP contribution in [0.25, 0.3) is 0 Å². The summed E-state index contributed by atoms with van der Waals surface area (Å²) in [5, 5.41) is 10.7. The topological polar surface area (TPSA) is 55.8 Å². The average molecular weight is 433 g/mol. The lowest BCUT2D eigenvalue weighted by Gasteiger charge is -2.34. The number of aliphatic imine (C=N–C) groups is 1. The van der Waals surface area contributed by atoms with Gasteiger partial charge in [-0.05, 0) is 58.0 Å². The predicted molar refractivity (Wildman–Crippen MR) is 128 cm³/mol. The molecule has 0 aliphatic carbocycles. The maximum absolute atomic E-state index is 4.72. The van der Waals surface area contributed by atoms with Crippen LogP contribution in [0.4, 0.5) is 0 Å². The summed E-state index contributed by atoms with van der Waals surface area (Å²) < 4.78 is 0. The summed E-state index contributed by atoms with van der Waals surface area (Å²) >= 11 is 1.79. The molecule has 2 saturated heterocycles. The van der Waals surface area contributed by atoms with E-state index in [2.05, 4.69) is 51.2 Å². The van der Waals surface area contributed by atoms with Crippen LogP contribution in [-0.4, -0.2) is 73.1 Å². The zero-order valence-electron chi connectivity index (χ0n) is 19.1. The normalized spacial score (nSPS) is 20.4. The van der Waals surface area contributed by atoms with Crippen LogP contribution in [0.1, 0.15) is 50.2 Å².